The number of anilines is 1. The van der Waals surface area contributed by atoms with E-state index in [1.165, 1.54) is 36.6 Å². The molecule has 6 nitrogen and oxygen atoms in total. The SMILES string of the molecule is COc1ccc(F)cc1/C(O)=C1\C(=O)C(=O)N(c2ccccc2O)C1c1sccc1C. The highest BCUT2D eigenvalue weighted by molar-refractivity contribution is 7.10. The number of carbonyl (C=O) groups is 2. The summed E-state index contributed by atoms with van der Waals surface area (Å²) in [6.45, 7) is 1.82. The van der Waals surface area contributed by atoms with E-state index in [-0.39, 0.29) is 28.3 Å². The molecule has 0 saturated carbocycles. The van der Waals surface area contributed by atoms with Crippen LogP contribution in [0.1, 0.15) is 22.0 Å². The van der Waals surface area contributed by atoms with Gasteiger partial charge >= 0.3 is 0 Å². The number of aryl methyl sites for hydroxylation is 1. The van der Waals surface area contributed by atoms with Crippen molar-refractivity contribution in [1.29, 1.82) is 0 Å². The smallest absolute Gasteiger partial charge is 0.300 e. The van der Waals surface area contributed by atoms with Crippen LogP contribution in [0.15, 0.2) is 59.5 Å². The number of nitrogens with zero attached hydrogens (tertiary/aromatic N) is 1. The number of phenols is 1. The minimum atomic E-state index is -0.999. The van der Waals surface area contributed by atoms with E-state index in [1.807, 2.05) is 13.0 Å². The van der Waals surface area contributed by atoms with Gasteiger partial charge in [0.1, 0.15) is 29.1 Å². The number of aliphatic hydroxyl groups is 1. The number of aromatic hydroxyl groups is 1. The number of rotatable bonds is 4. The monoisotopic (exact) mass is 439 g/mol. The standard InChI is InChI=1S/C23H18FNO5S/c1-12-9-10-31-22(12)19-18(20(27)14-11-13(24)7-8-17(14)30-2)21(28)23(29)25(19)15-5-3-4-6-16(15)26/h3-11,19,26-27H,1-2H3/b20-18+. The number of phenolic OH excluding ortho intramolecular Hbond substituents is 1. The molecule has 31 heavy (non-hydrogen) atoms. The number of methoxy groups -OCH3 is 1. The van der Waals surface area contributed by atoms with Crippen LogP contribution in [0.4, 0.5) is 10.1 Å². The topological polar surface area (TPSA) is 87.1 Å². The van der Waals surface area contributed by atoms with Crippen LogP contribution < -0.4 is 9.64 Å². The van der Waals surface area contributed by atoms with Gasteiger partial charge in [0.15, 0.2) is 0 Å². The van der Waals surface area contributed by atoms with E-state index in [0.29, 0.717) is 4.88 Å². The Kier molecular flexibility index (Phi) is 5.24. The molecule has 0 aliphatic carbocycles. The number of carbonyl (C=O) groups excluding carboxylic acids is 2. The fourth-order valence-electron chi connectivity index (χ4n) is 3.67. The second-order valence-electron chi connectivity index (χ2n) is 6.97. The van der Waals surface area contributed by atoms with Crippen molar-refractivity contribution in [3.63, 3.8) is 0 Å². The molecule has 0 spiro atoms. The molecule has 1 fully saturated rings. The average molecular weight is 439 g/mol. The van der Waals surface area contributed by atoms with Gasteiger partial charge in [-0.3, -0.25) is 14.5 Å². The summed E-state index contributed by atoms with van der Waals surface area (Å²) < 4.78 is 19.2. The van der Waals surface area contributed by atoms with Gasteiger partial charge in [-0.15, -0.1) is 11.3 Å². The largest absolute Gasteiger partial charge is 0.507 e. The first-order chi connectivity index (χ1) is 14.8. The second kappa shape index (κ2) is 7.88. The lowest BCUT2D eigenvalue weighted by atomic mass is 9.97. The van der Waals surface area contributed by atoms with E-state index >= 15 is 0 Å². The molecule has 2 aromatic carbocycles. The van der Waals surface area contributed by atoms with Crippen molar-refractivity contribution >= 4 is 34.5 Å². The number of thiophene rings is 1. The molecule has 1 atom stereocenters. The number of ketones is 1. The minimum absolute atomic E-state index is 0.0445. The van der Waals surface area contributed by atoms with E-state index in [9.17, 15) is 24.2 Å². The number of hydrogen-bond donors (Lipinski definition) is 2. The summed E-state index contributed by atoms with van der Waals surface area (Å²) >= 11 is 1.31. The number of halogens is 1. The van der Waals surface area contributed by atoms with Crippen LogP contribution in [0.3, 0.4) is 0 Å². The van der Waals surface area contributed by atoms with Crippen molar-refractivity contribution in [2.75, 3.05) is 12.0 Å². The fraction of sp³-hybridized carbons (Fsp3) is 0.130. The Morgan fingerprint density at radius 3 is 2.55 bits per heavy atom. The highest BCUT2D eigenvalue weighted by atomic mass is 32.1. The van der Waals surface area contributed by atoms with E-state index in [1.54, 1.807) is 17.5 Å². The lowest BCUT2D eigenvalue weighted by Gasteiger charge is -2.25. The molecule has 4 rings (SSSR count). The molecule has 0 bridgehead atoms. The number of para-hydroxylation sites is 2. The molecule has 1 aliphatic heterocycles. The van der Waals surface area contributed by atoms with Crippen molar-refractivity contribution in [2.24, 2.45) is 0 Å². The maximum Gasteiger partial charge on any atom is 0.300 e. The van der Waals surface area contributed by atoms with Crippen LogP contribution >= 0.6 is 11.3 Å². The first-order valence-electron chi connectivity index (χ1n) is 9.32. The molecular weight excluding hydrogens is 421 g/mol. The molecule has 0 radical (unpaired) electrons. The van der Waals surface area contributed by atoms with Crippen molar-refractivity contribution in [1.82, 2.24) is 0 Å². The zero-order chi connectivity index (χ0) is 22.3. The van der Waals surface area contributed by atoms with Gasteiger partial charge in [-0.1, -0.05) is 12.1 Å². The predicted molar refractivity (Wildman–Crippen MR) is 115 cm³/mol. The third-order valence-corrected chi connectivity index (χ3v) is 6.22. The van der Waals surface area contributed by atoms with Crippen molar-refractivity contribution in [2.45, 2.75) is 13.0 Å². The van der Waals surface area contributed by atoms with Gasteiger partial charge in [-0.05, 0) is 54.3 Å². The predicted octanol–water partition coefficient (Wildman–Crippen LogP) is 4.54. The lowest BCUT2D eigenvalue weighted by molar-refractivity contribution is -0.132. The highest BCUT2D eigenvalue weighted by Gasteiger charge is 2.48. The second-order valence-corrected chi connectivity index (χ2v) is 7.92. The molecular formula is C23H18FNO5S. The fourth-order valence-corrected chi connectivity index (χ4v) is 4.70. The Morgan fingerprint density at radius 1 is 1.16 bits per heavy atom. The Balaban J connectivity index is 2.01. The molecule has 2 N–H and O–H groups in total. The summed E-state index contributed by atoms with van der Waals surface area (Å²) in [4.78, 5) is 28.0. The van der Waals surface area contributed by atoms with Gasteiger partial charge in [0.2, 0.25) is 0 Å². The summed E-state index contributed by atoms with van der Waals surface area (Å²) in [5, 5.41) is 23.3. The number of ether oxygens (including phenoxy) is 1. The van der Waals surface area contributed by atoms with Gasteiger partial charge in [0.05, 0.1) is 23.9 Å². The normalized spacial score (nSPS) is 17.9. The third-order valence-electron chi connectivity index (χ3n) is 5.15. The van der Waals surface area contributed by atoms with E-state index in [0.717, 1.165) is 22.6 Å². The van der Waals surface area contributed by atoms with Crippen LogP contribution in [-0.2, 0) is 9.59 Å². The van der Waals surface area contributed by atoms with Crippen LogP contribution in [0, 0.1) is 12.7 Å². The van der Waals surface area contributed by atoms with Gasteiger partial charge < -0.3 is 14.9 Å². The zero-order valence-electron chi connectivity index (χ0n) is 16.6. The minimum Gasteiger partial charge on any atom is -0.507 e. The molecule has 1 amide bonds. The highest BCUT2D eigenvalue weighted by Crippen LogP contribution is 2.47. The van der Waals surface area contributed by atoms with Gasteiger partial charge in [0.25, 0.3) is 11.7 Å². The Bertz CT molecular complexity index is 1230. The molecule has 1 saturated heterocycles. The molecule has 3 aromatic rings. The molecule has 1 aromatic heterocycles. The zero-order valence-corrected chi connectivity index (χ0v) is 17.4. The van der Waals surface area contributed by atoms with E-state index in [2.05, 4.69) is 0 Å². The quantitative estimate of drug-likeness (QED) is 0.354. The summed E-state index contributed by atoms with van der Waals surface area (Å²) in [5.41, 5.74) is 0.682. The third kappa shape index (κ3) is 3.34. The average Bonchev–Trinajstić information content (AvgIpc) is 3.28. The Morgan fingerprint density at radius 2 is 1.90 bits per heavy atom. The van der Waals surface area contributed by atoms with Gasteiger partial charge in [0, 0.05) is 4.88 Å². The number of benzene rings is 2. The summed E-state index contributed by atoms with van der Waals surface area (Å²) in [6.07, 6.45) is 0. The van der Waals surface area contributed by atoms with Gasteiger partial charge in [-0.2, -0.15) is 0 Å². The van der Waals surface area contributed by atoms with E-state index < -0.39 is 29.3 Å². The van der Waals surface area contributed by atoms with Gasteiger partial charge in [-0.25, -0.2) is 4.39 Å². The number of Topliss-reactive ketones (excluding diaryl/α,β-unsaturated/α-hetero) is 1. The Hall–Kier alpha value is -3.65. The first-order valence-corrected chi connectivity index (χ1v) is 10.2. The molecule has 1 aliphatic rings. The van der Waals surface area contributed by atoms with Crippen LogP contribution in [0.5, 0.6) is 11.5 Å². The van der Waals surface area contributed by atoms with E-state index in [4.69, 9.17) is 4.74 Å². The molecule has 8 heteroatoms. The summed E-state index contributed by atoms with van der Waals surface area (Å²) in [6, 6.07) is 10.5. The number of aliphatic hydroxyl groups excluding tert-OH is 1. The first kappa shape index (κ1) is 20.6. The maximum atomic E-state index is 14.0. The van der Waals surface area contributed by atoms with Crippen molar-refractivity contribution in [3.8, 4) is 11.5 Å². The van der Waals surface area contributed by atoms with Crippen molar-refractivity contribution < 1.29 is 28.9 Å². The summed E-state index contributed by atoms with van der Waals surface area (Å²) in [7, 11) is 1.35. The summed E-state index contributed by atoms with van der Waals surface area (Å²) in [5.74, 6) is -3.08. The molecule has 1 unspecified atom stereocenters. The van der Waals surface area contributed by atoms with Crippen LogP contribution in [0.2, 0.25) is 0 Å². The van der Waals surface area contributed by atoms with Crippen LogP contribution in [0.25, 0.3) is 5.76 Å². The van der Waals surface area contributed by atoms with Crippen molar-refractivity contribution in [3.05, 3.63) is 81.3 Å². The lowest BCUT2D eigenvalue weighted by Crippen LogP contribution is -2.29. The number of hydrogen-bond acceptors (Lipinski definition) is 6. The maximum absolute atomic E-state index is 14.0. The molecule has 158 valence electrons. The number of amides is 1. The Labute approximate surface area is 181 Å². The molecule has 2 heterocycles. The van der Waals surface area contributed by atoms with Crippen LogP contribution in [-0.4, -0.2) is 29.0 Å².